The lowest BCUT2D eigenvalue weighted by molar-refractivity contribution is -0.545. The van der Waals surface area contributed by atoms with E-state index in [9.17, 15) is 10.1 Å². The molecule has 1 unspecified atom stereocenters. The van der Waals surface area contributed by atoms with Crippen LogP contribution in [0.1, 0.15) is 6.92 Å². The Kier molecular flexibility index (Phi) is 2.53. The van der Waals surface area contributed by atoms with Gasteiger partial charge in [-0.05, 0) is 15.9 Å². The molecular weight excluding hydrogens is 194 g/mol. The van der Waals surface area contributed by atoms with Crippen molar-refractivity contribution in [3.63, 3.8) is 0 Å². The van der Waals surface area contributed by atoms with Gasteiger partial charge in [-0.25, -0.2) is 0 Å². The van der Waals surface area contributed by atoms with E-state index >= 15 is 0 Å². The van der Waals surface area contributed by atoms with E-state index in [2.05, 4.69) is 15.9 Å². The van der Waals surface area contributed by atoms with Crippen LogP contribution in [0.25, 0.3) is 0 Å². The third-order valence-electron chi connectivity index (χ3n) is 0.848. The van der Waals surface area contributed by atoms with Crippen molar-refractivity contribution < 1.29 is 15.1 Å². The third kappa shape index (κ3) is 2.73. The molecule has 0 fully saturated rings. The quantitative estimate of drug-likeness (QED) is 0.277. The fourth-order valence-corrected chi connectivity index (χ4v) is 0.301. The molecule has 0 spiro atoms. The van der Waals surface area contributed by atoms with Gasteiger partial charge in [-0.15, -0.1) is 0 Å². The second-order valence-electron chi connectivity index (χ2n) is 1.60. The Balaban J connectivity index is 4.04. The smallest absolute Gasteiger partial charge is 0.291 e. The fraction of sp³-hybridized carbons (Fsp3) is 1.00. The summed E-state index contributed by atoms with van der Waals surface area (Å²) < 4.78 is -2.41. The first-order valence-electron chi connectivity index (χ1n) is 2.13. The molecule has 0 radical (unpaired) electrons. The molecule has 5 nitrogen and oxygen atoms in total. The molecule has 1 atom stereocenters. The van der Waals surface area contributed by atoms with E-state index < -0.39 is 15.7 Å². The number of halogens is 1. The maximum absolute atomic E-state index is 9.80. The summed E-state index contributed by atoms with van der Waals surface area (Å²) in [6.07, 6.45) is 0. The molecule has 2 N–H and O–H groups in total. The molecule has 0 rings (SSSR count). The van der Waals surface area contributed by atoms with Crippen LogP contribution >= 0.6 is 15.9 Å². The first kappa shape index (κ1) is 8.80. The van der Waals surface area contributed by atoms with Gasteiger partial charge in [0.15, 0.2) is 0 Å². The Morgan fingerprint density at radius 3 is 2.11 bits per heavy atom. The van der Waals surface area contributed by atoms with E-state index in [0.717, 1.165) is 6.92 Å². The van der Waals surface area contributed by atoms with E-state index in [4.69, 9.17) is 10.2 Å². The van der Waals surface area contributed by atoms with Crippen LogP contribution in [0.2, 0.25) is 0 Å². The van der Waals surface area contributed by atoms with Crippen LogP contribution in [0.4, 0.5) is 0 Å². The molecule has 0 aromatic heterocycles. The van der Waals surface area contributed by atoms with E-state index in [1.165, 1.54) is 0 Å². The van der Waals surface area contributed by atoms with Gasteiger partial charge in [0.1, 0.15) is 0 Å². The van der Waals surface area contributed by atoms with E-state index in [0.29, 0.717) is 0 Å². The van der Waals surface area contributed by atoms with Crippen LogP contribution in [0.3, 0.4) is 0 Å². The molecule has 0 aliphatic rings. The summed E-state index contributed by atoms with van der Waals surface area (Å²) in [5.74, 6) is 0. The maximum Gasteiger partial charge on any atom is 0.291 e. The van der Waals surface area contributed by atoms with E-state index in [1.54, 1.807) is 0 Å². The molecule has 54 valence electrons. The molecular formula is C3H6BrNO4. The highest BCUT2D eigenvalue weighted by Gasteiger charge is 2.37. The lowest BCUT2D eigenvalue weighted by atomic mass is 10.3. The molecule has 0 amide bonds. The summed E-state index contributed by atoms with van der Waals surface area (Å²) in [6.45, 7) is 1.08. The zero-order valence-electron chi connectivity index (χ0n) is 4.61. The third-order valence-corrected chi connectivity index (χ3v) is 1.51. The summed E-state index contributed by atoms with van der Waals surface area (Å²) in [7, 11) is 0. The second kappa shape index (κ2) is 2.59. The van der Waals surface area contributed by atoms with E-state index in [1.807, 2.05) is 0 Å². The Morgan fingerprint density at radius 2 is 2.11 bits per heavy atom. The monoisotopic (exact) mass is 199 g/mol. The summed E-state index contributed by atoms with van der Waals surface area (Å²) in [5.41, 5.74) is 0. The molecule has 0 aliphatic carbocycles. The number of hydrogen-bond donors (Lipinski definition) is 2. The summed E-state index contributed by atoms with van der Waals surface area (Å²) in [6, 6.07) is -1.43. The van der Waals surface area contributed by atoms with Crippen molar-refractivity contribution in [1.29, 1.82) is 0 Å². The van der Waals surface area contributed by atoms with Gasteiger partial charge in [-0.1, -0.05) is 0 Å². The predicted molar refractivity (Wildman–Crippen MR) is 32.6 cm³/mol. The minimum atomic E-state index is -2.41. The molecule has 0 aromatic carbocycles. The minimum Gasteiger partial charge on any atom is -0.352 e. The molecule has 0 saturated carbocycles. The average Bonchev–Trinajstić information content (AvgIpc) is 1.62. The topological polar surface area (TPSA) is 83.6 Å². The normalized spacial score (nSPS) is 15.1. The number of nitrogens with zero attached hydrogens (tertiary/aromatic N) is 1. The average molecular weight is 200 g/mol. The van der Waals surface area contributed by atoms with Crippen molar-refractivity contribution in [2.24, 2.45) is 0 Å². The Bertz CT molecular complexity index is 119. The first-order valence-corrected chi connectivity index (χ1v) is 2.92. The van der Waals surface area contributed by atoms with Gasteiger partial charge in [0.05, 0.1) is 0 Å². The lowest BCUT2D eigenvalue weighted by Crippen LogP contribution is -2.39. The molecule has 0 heterocycles. The van der Waals surface area contributed by atoms with Gasteiger partial charge in [-0.3, -0.25) is 10.1 Å². The Hall–Kier alpha value is -0.200. The van der Waals surface area contributed by atoms with Crippen molar-refractivity contribution in [2.45, 2.75) is 17.7 Å². The number of nitro groups is 1. The summed E-state index contributed by atoms with van der Waals surface area (Å²) in [5, 5.41) is 26.8. The van der Waals surface area contributed by atoms with E-state index in [-0.39, 0.29) is 0 Å². The number of alkyl halides is 1. The first-order chi connectivity index (χ1) is 3.85. The van der Waals surface area contributed by atoms with Crippen LogP contribution in [-0.2, 0) is 0 Å². The van der Waals surface area contributed by atoms with Gasteiger partial charge in [0, 0.05) is 11.8 Å². The lowest BCUT2D eigenvalue weighted by Gasteiger charge is -2.13. The highest BCUT2D eigenvalue weighted by atomic mass is 79.9. The van der Waals surface area contributed by atoms with Gasteiger partial charge in [0.2, 0.25) is 0 Å². The van der Waals surface area contributed by atoms with Crippen LogP contribution < -0.4 is 0 Å². The minimum absolute atomic E-state index is 0.797. The maximum atomic E-state index is 9.80. The molecule has 9 heavy (non-hydrogen) atoms. The summed E-state index contributed by atoms with van der Waals surface area (Å²) in [4.78, 5) is 9.00. The highest BCUT2D eigenvalue weighted by Crippen LogP contribution is 2.16. The standard InChI is InChI=1S/C3H6BrNO4/c1-2(5(8)9)3(4,6)7/h2,6-7H,1H3. The van der Waals surface area contributed by atoms with Gasteiger partial charge in [-0.2, -0.15) is 0 Å². The van der Waals surface area contributed by atoms with Gasteiger partial charge >= 0.3 is 0 Å². The van der Waals surface area contributed by atoms with Crippen LogP contribution in [-0.4, -0.2) is 25.9 Å². The fourth-order valence-electron chi connectivity index (χ4n) is 0.134. The van der Waals surface area contributed by atoms with Crippen molar-refractivity contribution in [3.8, 4) is 0 Å². The zero-order valence-corrected chi connectivity index (χ0v) is 6.20. The second-order valence-corrected chi connectivity index (χ2v) is 2.76. The molecule has 0 bridgehead atoms. The molecule has 0 saturated heterocycles. The molecule has 6 heteroatoms. The number of hydrogen-bond acceptors (Lipinski definition) is 4. The van der Waals surface area contributed by atoms with Crippen LogP contribution in [0.15, 0.2) is 0 Å². The Labute approximate surface area is 59.6 Å². The Morgan fingerprint density at radius 1 is 1.78 bits per heavy atom. The number of rotatable bonds is 2. The summed E-state index contributed by atoms with van der Waals surface area (Å²) >= 11 is 2.31. The SMILES string of the molecule is CC([N+](=O)[O-])C(O)(O)Br. The van der Waals surface area contributed by atoms with Crippen molar-refractivity contribution in [3.05, 3.63) is 10.1 Å². The molecule has 0 aliphatic heterocycles. The van der Waals surface area contributed by atoms with Crippen molar-refractivity contribution >= 4 is 15.9 Å². The van der Waals surface area contributed by atoms with Crippen LogP contribution in [0, 0.1) is 10.1 Å². The van der Waals surface area contributed by atoms with Gasteiger partial charge in [0.25, 0.3) is 10.7 Å². The predicted octanol–water partition coefficient (Wildman–Crippen LogP) is -0.315. The molecule has 0 aromatic rings. The van der Waals surface area contributed by atoms with Crippen molar-refractivity contribution in [1.82, 2.24) is 0 Å². The van der Waals surface area contributed by atoms with Gasteiger partial charge < -0.3 is 10.2 Å². The van der Waals surface area contributed by atoms with Crippen LogP contribution in [0.5, 0.6) is 0 Å². The zero-order chi connectivity index (χ0) is 7.65. The highest BCUT2D eigenvalue weighted by molar-refractivity contribution is 9.09. The van der Waals surface area contributed by atoms with Crippen molar-refractivity contribution in [2.75, 3.05) is 0 Å². The number of aliphatic hydroxyl groups is 2. The largest absolute Gasteiger partial charge is 0.352 e.